The van der Waals surface area contributed by atoms with Crippen molar-refractivity contribution < 1.29 is 14.3 Å². The van der Waals surface area contributed by atoms with E-state index in [1.165, 1.54) is 0 Å². The van der Waals surface area contributed by atoms with Gasteiger partial charge in [-0.3, -0.25) is 9.59 Å². The number of rotatable bonds is 7. The Morgan fingerprint density at radius 3 is 2.68 bits per heavy atom. The summed E-state index contributed by atoms with van der Waals surface area (Å²) in [6.45, 7) is 3.96. The van der Waals surface area contributed by atoms with E-state index in [0.717, 1.165) is 31.4 Å². The molecule has 0 spiro atoms. The number of carbonyl (C=O) groups is 2. The van der Waals surface area contributed by atoms with Crippen LogP contribution in [0.2, 0.25) is 0 Å². The van der Waals surface area contributed by atoms with E-state index < -0.39 is 0 Å². The molecule has 2 amide bonds. The Labute approximate surface area is 166 Å². The molecule has 3 rings (SSSR count). The van der Waals surface area contributed by atoms with Gasteiger partial charge in [-0.15, -0.1) is 0 Å². The van der Waals surface area contributed by atoms with Crippen LogP contribution in [0.15, 0.2) is 54.6 Å². The van der Waals surface area contributed by atoms with Crippen LogP contribution in [0.25, 0.3) is 0 Å². The number of benzene rings is 2. The normalized spacial score (nSPS) is 16.5. The van der Waals surface area contributed by atoms with E-state index in [9.17, 15) is 9.59 Å². The highest BCUT2D eigenvalue weighted by Crippen LogP contribution is 2.24. The number of likely N-dealkylation sites (tertiary alicyclic amines) is 1. The van der Waals surface area contributed by atoms with Gasteiger partial charge in [0.2, 0.25) is 5.91 Å². The second-order valence-electron chi connectivity index (χ2n) is 7.18. The SMILES string of the molecule is CCCCNC(=O)C1CCCN(C(=O)c2cccc(Oc3ccccc3)c2)C1. The second-order valence-corrected chi connectivity index (χ2v) is 7.18. The van der Waals surface area contributed by atoms with Gasteiger partial charge in [0.25, 0.3) is 5.91 Å². The molecule has 1 atom stereocenters. The molecule has 1 aliphatic heterocycles. The summed E-state index contributed by atoms with van der Waals surface area (Å²) in [5, 5.41) is 2.99. The smallest absolute Gasteiger partial charge is 0.254 e. The topological polar surface area (TPSA) is 58.6 Å². The zero-order valence-electron chi connectivity index (χ0n) is 16.4. The number of amides is 2. The van der Waals surface area contributed by atoms with E-state index in [0.29, 0.717) is 30.9 Å². The van der Waals surface area contributed by atoms with Crippen LogP contribution < -0.4 is 10.1 Å². The monoisotopic (exact) mass is 380 g/mol. The van der Waals surface area contributed by atoms with E-state index >= 15 is 0 Å². The molecule has 5 heteroatoms. The number of hydrogen-bond donors (Lipinski definition) is 1. The minimum absolute atomic E-state index is 0.0513. The van der Waals surface area contributed by atoms with Gasteiger partial charge in [0, 0.05) is 25.2 Å². The van der Waals surface area contributed by atoms with Crippen molar-refractivity contribution in [1.29, 1.82) is 0 Å². The summed E-state index contributed by atoms with van der Waals surface area (Å²) in [6, 6.07) is 16.7. The Kier molecular flexibility index (Phi) is 7.06. The lowest BCUT2D eigenvalue weighted by Crippen LogP contribution is -2.45. The summed E-state index contributed by atoms with van der Waals surface area (Å²) in [5.41, 5.74) is 0.584. The van der Waals surface area contributed by atoms with Crippen molar-refractivity contribution in [1.82, 2.24) is 10.2 Å². The molecule has 0 aliphatic carbocycles. The van der Waals surface area contributed by atoms with Crippen molar-refractivity contribution in [3.8, 4) is 11.5 Å². The van der Waals surface area contributed by atoms with E-state index in [1.807, 2.05) is 42.5 Å². The molecule has 1 aliphatic rings. The summed E-state index contributed by atoms with van der Waals surface area (Å²) in [5.74, 6) is 1.24. The first kappa shape index (κ1) is 19.9. The van der Waals surface area contributed by atoms with E-state index in [4.69, 9.17) is 4.74 Å². The summed E-state index contributed by atoms with van der Waals surface area (Å²) >= 11 is 0. The van der Waals surface area contributed by atoms with Gasteiger partial charge in [-0.05, 0) is 49.6 Å². The van der Waals surface area contributed by atoms with Gasteiger partial charge in [-0.1, -0.05) is 37.6 Å². The standard InChI is InChI=1S/C23H28N2O3/c1-2-3-14-24-22(26)19-10-8-15-25(17-19)23(27)18-9-7-13-21(16-18)28-20-11-5-4-6-12-20/h4-7,9,11-13,16,19H,2-3,8,10,14-15,17H2,1H3,(H,24,26). The number of ether oxygens (including phenoxy) is 1. The summed E-state index contributed by atoms with van der Waals surface area (Å²) in [7, 11) is 0. The van der Waals surface area contributed by atoms with Gasteiger partial charge < -0.3 is 15.0 Å². The second kappa shape index (κ2) is 9.93. The maximum atomic E-state index is 13.0. The van der Waals surface area contributed by atoms with Crippen LogP contribution in [0.4, 0.5) is 0 Å². The number of unbranched alkanes of at least 4 members (excludes halogenated alkanes) is 1. The number of nitrogens with one attached hydrogen (secondary N) is 1. The molecule has 0 saturated carbocycles. The fourth-order valence-corrected chi connectivity index (χ4v) is 3.41. The third-order valence-electron chi connectivity index (χ3n) is 4.97. The highest BCUT2D eigenvalue weighted by molar-refractivity contribution is 5.95. The van der Waals surface area contributed by atoms with Crippen LogP contribution >= 0.6 is 0 Å². The largest absolute Gasteiger partial charge is 0.457 e. The maximum Gasteiger partial charge on any atom is 0.254 e. The molecule has 0 radical (unpaired) electrons. The van der Waals surface area contributed by atoms with Crippen LogP contribution in [0.3, 0.4) is 0 Å². The Hall–Kier alpha value is -2.82. The number of nitrogens with zero attached hydrogens (tertiary/aromatic N) is 1. The molecule has 1 heterocycles. The first-order chi connectivity index (χ1) is 13.7. The van der Waals surface area contributed by atoms with Crippen LogP contribution in [0, 0.1) is 5.92 Å². The minimum Gasteiger partial charge on any atom is -0.457 e. The third-order valence-corrected chi connectivity index (χ3v) is 4.97. The van der Waals surface area contributed by atoms with Crippen molar-refractivity contribution in [2.45, 2.75) is 32.6 Å². The first-order valence-corrected chi connectivity index (χ1v) is 10.1. The predicted octanol–water partition coefficient (Wildman–Crippen LogP) is 4.25. The van der Waals surface area contributed by atoms with Crippen molar-refractivity contribution in [3.63, 3.8) is 0 Å². The van der Waals surface area contributed by atoms with E-state index in [2.05, 4.69) is 12.2 Å². The maximum absolute atomic E-state index is 13.0. The lowest BCUT2D eigenvalue weighted by molar-refractivity contribution is -0.126. The lowest BCUT2D eigenvalue weighted by atomic mass is 9.96. The van der Waals surface area contributed by atoms with E-state index in [-0.39, 0.29) is 17.7 Å². The average Bonchev–Trinajstić information content (AvgIpc) is 2.74. The number of carbonyl (C=O) groups excluding carboxylic acids is 2. The van der Waals surface area contributed by atoms with Crippen molar-refractivity contribution in [3.05, 3.63) is 60.2 Å². The van der Waals surface area contributed by atoms with Crippen molar-refractivity contribution in [2.24, 2.45) is 5.92 Å². The van der Waals surface area contributed by atoms with Crippen LogP contribution in [-0.2, 0) is 4.79 Å². The quantitative estimate of drug-likeness (QED) is 0.731. The molecule has 0 bridgehead atoms. The van der Waals surface area contributed by atoms with Crippen molar-refractivity contribution in [2.75, 3.05) is 19.6 Å². The molecule has 1 fully saturated rings. The van der Waals surface area contributed by atoms with Crippen molar-refractivity contribution >= 4 is 11.8 Å². The van der Waals surface area contributed by atoms with Gasteiger partial charge in [0.1, 0.15) is 11.5 Å². The van der Waals surface area contributed by atoms with Crippen LogP contribution in [-0.4, -0.2) is 36.3 Å². The fourth-order valence-electron chi connectivity index (χ4n) is 3.41. The summed E-state index contributed by atoms with van der Waals surface area (Å²) in [6.07, 6.45) is 3.71. The highest BCUT2D eigenvalue weighted by Gasteiger charge is 2.28. The first-order valence-electron chi connectivity index (χ1n) is 10.1. The summed E-state index contributed by atoms with van der Waals surface area (Å²) < 4.78 is 5.84. The highest BCUT2D eigenvalue weighted by atomic mass is 16.5. The van der Waals surface area contributed by atoms with E-state index in [1.54, 1.807) is 17.0 Å². The molecule has 2 aromatic rings. The molecular weight excluding hydrogens is 352 g/mol. The Bertz CT molecular complexity index is 791. The third kappa shape index (κ3) is 5.35. The fraction of sp³-hybridized carbons (Fsp3) is 0.391. The van der Waals surface area contributed by atoms with Gasteiger partial charge in [-0.2, -0.15) is 0 Å². The molecule has 2 aromatic carbocycles. The number of piperidine rings is 1. The van der Waals surface area contributed by atoms with Gasteiger partial charge in [0.05, 0.1) is 5.92 Å². The number of para-hydroxylation sites is 1. The summed E-state index contributed by atoms with van der Waals surface area (Å²) in [4.78, 5) is 27.1. The minimum atomic E-state index is -0.127. The molecule has 1 N–H and O–H groups in total. The predicted molar refractivity (Wildman–Crippen MR) is 110 cm³/mol. The zero-order valence-corrected chi connectivity index (χ0v) is 16.4. The lowest BCUT2D eigenvalue weighted by Gasteiger charge is -2.32. The number of hydrogen-bond acceptors (Lipinski definition) is 3. The molecular formula is C23H28N2O3. The van der Waals surface area contributed by atoms with Gasteiger partial charge in [0.15, 0.2) is 0 Å². The molecule has 148 valence electrons. The van der Waals surface area contributed by atoms with Crippen LogP contribution in [0.5, 0.6) is 11.5 Å². The van der Waals surface area contributed by atoms with Gasteiger partial charge in [-0.25, -0.2) is 0 Å². The molecule has 5 nitrogen and oxygen atoms in total. The van der Waals surface area contributed by atoms with Crippen LogP contribution in [0.1, 0.15) is 43.0 Å². The Morgan fingerprint density at radius 2 is 1.89 bits per heavy atom. The molecule has 1 saturated heterocycles. The molecule has 0 aromatic heterocycles. The van der Waals surface area contributed by atoms with Gasteiger partial charge >= 0.3 is 0 Å². The average molecular weight is 380 g/mol. The Morgan fingerprint density at radius 1 is 1.11 bits per heavy atom. The molecule has 28 heavy (non-hydrogen) atoms. The Balaban J connectivity index is 1.63. The molecule has 1 unspecified atom stereocenters. The zero-order chi connectivity index (χ0) is 19.8.